The number of rotatable bonds is 2. The Hall–Kier alpha value is -1.71. The molecule has 0 fully saturated rings. The van der Waals surface area contributed by atoms with Crippen LogP contribution in [0, 0.1) is 0 Å². The SMILES string of the molecule is CC(C)Oc1c(N)ccc2[nH]ncc12. The third kappa shape index (κ3) is 1.39. The van der Waals surface area contributed by atoms with E-state index in [9.17, 15) is 0 Å². The van der Waals surface area contributed by atoms with Crippen molar-refractivity contribution in [2.75, 3.05) is 5.73 Å². The number of anilines is 1. The molecule has 74 valence electrons. The van der Waals surface area contributed by atoms with Crippen molar-refractivity contribution >= 4 is 16.6 Å². The smallest absolute Gasteiger partial charge is 0.153 e. The number of nitrogen functional groups attached to an aromatic ring is 1. The highest BCUT2D eigenvalue weighted by molar-refractivity contribution is 5.89. The Morgan fingerprint density at radius 3 is 2.93 bits per heavy atom. The van der Waals surface area contributed by atoms with Gasteiger partial charge in [0.25, 0.3) is 0 Å². The quantitative estimate of drug-likeness (QED) is 0.713. The number of nitrogens with zero attached hydrogens (tertiary/aromatic N) is 1. The predicted octanol–water partition coefficient (Wildman–Crippen LogP) is 1.93. The fraction of sp³-hybridized carbons (Fsp3) is 0.300. The van der Waals surface area contributed by atoms with E-state index in [1.807, 2.05) is 26.0 Å². The van der Waals surface area contributed by atoms with Crippen LogP contribution in [0.5, 0.6) is 5.75 Å². The number of nitrogens with one attached hydrogen (secondary N) is 1. The lowest BCUT2D eigenvalue weighted by atomic mass is 10.2. The van der Waals surface area contributed by atoms with E-state index in [4.69, 9.17) is 10.5 Å². The first-order chi connectivity index (χ1) is 6.68. The fourth-order valence-corrected chi connectivity index (χ4v) is 1.38. The monoisotopic (exact) mass is 191 g/mol. The first kappa shape index (κ1) is 8.87. The highest BCUT2D eigenvalue weighted by Crippen LogP contribution is 2.31. The lowest BCUT2D eigenvalue weighted by Crippen LogP contribution is -2.07. The van der Waals surface area contributed by atoms with Crippen molar-refractivity contribution in [2.45, 2.75) is 20.0 Å². The van der Waals surface area contributed by atoms with Gasteiger partial charge in [-0.1, -0.05) is 0 Å². The Morgan fingerprint density at radius 2 is 2.21 bits per heavy atom. The van der Waals surface area contributed by atoms with E-state index in [0.29, 0.717) is 11.4 Å². The largest absolute Gasteiger partial charge is 0.488 e. The summed E-state index contributed by atoms with van der Waals surface area (Å²) in [5.41, 5.74) is 7.41. The van der Waals surface area contributed by atoms with Crippen LogP contribution in [-0.4, -0.2) is 16.3 Å². The van der Waals surface area contributed by atoms with Crippen molar-refractivity contribution in [3.05, 3.63) is 18.3 Å². The van der Waals surface area contributed by atoms with Gasteiger partial charge in [-0.25, -0.2) is 0 Å². The third-order valence-corrected chi connectivity index (χ3v) is 1.96. The Kier molecular flexibility index (Phi) is 2.04. The zero-order valence-electron chi connectivity index (χ0n) is 8.24. The molecule has 4 heteroatoms. The summed E-state index contributed by atoms with van der Waals surface area (Å²) in [6.45, 7) is 3.94. The maximum atomic E-state index is 5.83. The minimum absolute atomic E-state index is 0.109. The molecule has 0 atom stereocenters. The maximum absolute atomic E-state index is 5.83. The number of hydrogen-bond donors (Lipinski definition) is 2. The summed E-state index contributed by atoms with van der Waals surface area (Å²) in [6.07, 6.45) is 1.83. The number of ether oxygens (including phenoxy) is 1. The number of hydrogen-bond acceptors (Lipinski definition) is 3. The van der Waals surface area contributed by atoms with Crippen LogP contribution in [0.2, 0.25) is 0 Å². The number of benzene rings is 1. The molecule has 2 aromatic rings. The highest BCUT2D eigenvalue weighted by Gasteiger charge is 2.09. The van der Waals surface area contributed by atoms with Gasteiger partial charge in [-0.15, -0.1) is 0 Å². The minimum atomic E-state index is 0.109. The molecule has 2 rings (SSSR count). The molecule has 1 heterocycles. The van der Waals surface area contributed by atoms with Gasteiger partial charge < -0.3 is 10.5 Å². The summed E-state index contributed by atoms with van der Waals surface area (Å²) in [4.78, 5) is 0. The first-order valence-corrected chi connectivity index (χ1v) is 4.56. The summed E-state index contributed by atoms with van der Waals surface area (Å²) in [5.74, 6) is 0.714. The van der Waals surface area contributed by atoms with Gasteiger partial charge in [0.1, 0.15) is 0 Å². The van der Waals surface area contributed by atoms with Gasteiger partial charge in [0, 0.05) is 0 Å². The van der Waals surface area contributed by atoms with E-state index in [0.717, 1.165) is 10.9 Å². The van der Waals surface area contributed by atoms with Crippen LogP contribution in [0.1, 0.15) is 13.8 Å². The lowest BCUT2D eigenvalue weighted by molar-refractivity contribution is 0.247. The molecule has 3 N–H and O–H groups in total. The second-order valence-electron chi connectivity index (χ2n) is 3.48. The lowest BCUT2D eigenvalue weighted by Gasteiger charge is -2.12. The van der Waals surface area contributed by atoms with Crippen molar-refractivity contribution in [1.29, 1.82) is 0 Å². The van der Waals surface area contributed by atoms with Gasteiger partial charge in [-0.2, -0.15) is 5.10 Å². The Morgan fingerprint density at radius 1 is 1.43 bits per heavy atom. The predicted molar refractivity (Wildman–Crippen MR) is 56.3 cm³/mol. The molecular formula is C10H13N3O. The van der Waals surface area contributed by atoms with Crippen LogP contribution in [0.15, 0.2) is 18.3 Å². The van der Waals surface area contributed by atoms with Gasteiger partial charge in [0.05, 0.1) is 28.9 Å². The summed E-state index contributed by atoms with van der Waals surface area (Å²) >= 11 is 0. The molecule has 0 radical (unpaired) electrons. The molecule has 0 amide bonds. The van der Waals surface area contributed by atoms with Crippen LogP contribution in [0.25, 0.3) is 10.9 Å². The number of nitrogens with two attached hydrogens (primary N) is 1. The van der Waals surface area contributed by atoms with Gasteiger partial charge >= 0.3 is 0 Å². The molecule has 4 nitrogen and oxygen atoms in total. The molecule has 0 bridgehead atoms. The van der Waals surface area contributed by atoms with Gasteiger partial charge in [0.2, 0.25) is 0 Å². The molecule has 0 aliphatic carbocycles. The zero-order chi connectivity index (χ0) is 10.1. The van der Waals surface area contributed by atoms with Crippen LogP contribution < -0.4 is 10.5 Å². The van der Waals surface area contributed by atoms with Crippen molar-refractivity contribution in [2.24, 2.45) is 0 Å². The van der Waals surface area contributed by atoms with Crippen molar-refractivity contribution in [3.63, 3.8) is 0 Å². The van der Waals surface area contributed by atoms with E-state index in [1.165, 1.54) is 0 Å². The van der Waals surface area contributed by atoms with E-state index in [2.05, 4.69) is 10.2 Å². The Labute approximate surface area is 82.1 Å². The molecule has 0 aliphatic heterocycles. The maximum Gasteiger partial charge on any atom is 0.153 e. The van der Waals surface area contributed by atoms with E-state index in [-0.39, 0.29) is 6.10 Å². The number of aromatic amines is 1. The molecule has 1 aromatic carbocycles. The van der Waals surface area contributed by atoms with E-state index >= 15 is 0 Å². The summed E-state index contributed by atoms with van der Waals surface area (Å²) in [6, 6.07) is 3.71. The van der Waals surface area contributed by atoms with Crippen molar-refractivity contribution in [3.8, 4) is 5.75 Å². The molecule has 0 saturated carbocycles. The Bertz CT molecular complexity index is 448. The van der Waals surface area contributed by atoms with E-state index < -0.39 is 0 Å². The van der Waals surface area contributed by atoms with Crippen LogP contribution >= 0.6 is 0 Å². The van der Waals surface area contributed by atoms with Crippen LogP contribution in [-0.2, 0) is 0 Å². The molecule has 0 spiro atoms. The number of fused-ring (bicyclic) bond motifs is 1. The molecular weight excluding hydrogens is 178 g/mol. The molecule has 0 aliphatic rings. The summed E-state index contributed by atoms with van der Waals surface area (Å²) in [5, 5.41) is 7.75. The zero-order valence-corrected chi connectivity index (χ0v) is 8.24. The highest BCUT2D eigenvalue weighted by atomic mass is 16.5. The van der Waals surface area contributed by atoms with Gasteiger partial charge in [0.15, 0.2) is 5.75 Å². The first-order valence-electron chi connectivity index (χ1n) is 4.56. The van der Waals surface area contributed by atoms with E-state index in [1.54, 1.807) is 6.20 Å². The standard InChI is InChI=1S/C10H13N3O/c1-6(2)14-10-7-5-12-13-9(7)4-3-8(10)11/h3-6H,11H2,1-2H3,(H,12,13). The van der Waals surface area contributed by atoms with Crippen molar-refractivity contribution < 1.29 is 4.74 Å². The topological polar surface area (TPSA) is 63.9 Å². The fourth-order valence-electron chi connectivity index (χ4n) is 1.38. The minimum Gasteiger partial charge on any atom is -0.488 e. The number of aromatic nitrogens is 2. The number of H-pyrrole nitrogens is 1. The molecule has 0 unspecified atom stereocenters. The average Bonchev–Trinajstić information content (AvgIpc) is 2.57. The van der Waals surface area contributed by atoms with Gasteiger partial charge in [-0.05, 0) is 26.0 Å². The van der Waals surface area contributed by atoms with Gasteiger partial charge in [-0.3, -0.25) is 5.10 Å². The Balaban J connectivity index is 2.58. The normalized spacial score (nSPS) is 11.1. The van der Waals surface area contributed by atoms with Crippen LogP contribution in [0.4, 0.5) is 5.69 Å². The molecule has 14 heavy (non-hydrogen) atoms. The van der Waals surface area contributed by atoms with Crippen molar-refractivity contribution in [1.82, 2.24) is 10.2 Å². The average molecular weight is 191 g/mol. The summed E-state index contributed by atoms with van der Waals surface area (Å²) in [7, 11) is 0. The van der Waals surface area contributed by atoms with Crippen LogP contribution in [0.3, 0.4) is 0 Å². The second-order valence-corrected chi connectivity index (χ2v) is 3.48. The third-order valence-electron chi connectivity index (χ3n) is 1.96. The molecule has 0 saturated heterocycles. The molecule has 1 aromatic heterocycles. The summed E-state index contributed by atoms with van der Waals surface area (Å²) < 4.78 is 5.63. The second kappa shape index (κ2) is 3.21.